The van der Waals surface area contributed by atoms with Crippen LogP contribution < -0.4 is 9.62 Å². The third kappa shape index (κ3) is 5.42. The fourth-order valence-corrected chi connectivity index (χ4v) is 3.00. The second-order valence-corrected chi connectivity index (χ2v) is 6.56. The van der Waals surface area contributed by atoms with E-state index >= 15 is 0 Å². The largest absolute Gasteiger partial charge is 0.495 e. The highest BCUT2D eigenvalue weighted by atomic mass is 32.2. The maximum absolute atomic E-state index is 12.4. The first-order valence-corrected chi connectivity index (χ1v) is 8.67. The van der Waals surface area contributed by atoms with Crippen molar-refractivity contribution < 1.29 is 27.9 Å². The average Bonchev–Trinajstić information content (AvgIpc) is 2.60. The smallest absolute Gasteiger partial charge is 0.328 e. The van der Waals surface area contributed by atoms with E-state index in [0.29, 0.717) is 5.56 Å². The molecule has 2 aromatic carbocycles. The van der Waals surface area contributed by atoms with Gasteiger partial charge in [0.2, 0.25) is 0 Å². The fourth-order valence-electron chi connectivity index (χ4n) is 1.98. The van der Waals surface area contributed by atoms with E-state index in [1.807, 2.05) is 23.1 Å². The number of rotatable bonds is 8. The van der Waals surface area contributed by atoms with Crippen LogP contribution >= 0.6 is 0 Å². The Bertz CT molecular complexity index is 862. The Morgan fingerprint density at radius 2 is 1.92 bits per heavy atom. The summed E-state index contributed by atoms with van der Waals surface area (Å²) in [6.45, 7) is 0.0565. The van der Waals surface area contributed by atoms with Gasteiger partial charge in [0.25, 0.3) is 10.0 Å². The summed E-state index contributed by atoms with van der Waals surface area (Å²) in [6.07, 6.45) is 2.20. The lowest BCUT2D eigenvalue weighted by molar-refractivity contribution is -0.131. The van der Waals surface area contributed by atoms with E-state index in [9.17, 15) is 13.2 Å². The van der Waals surface area contributed by atoms with Crippen LogP contribution in [0.15, 0.2) is 59.5 Å². The molecule has 25 heavy (non-hydrogen) atoms. The molecule has 0 unspecified atom stereocenters. The number of methoxy groups -OCH3 is 1. The van der Waals surface area contributed by atoms with E-state index in [0.717, 1.165) is 11.6 Å². The van der Waals surface area contributed by atoms with Crippen molar-refractivity contribution in [2.45, 2.75) is 11.5 Å². The summed E-state index contributed by atoms with van der Waals surface area (Å²) in [6, 6.07) is 13.3. The summed E-state index contributed by atoms with van der Waals surface area (Å²) in [7, 11) is -2.67. The molecule has 132 valence electrons. The number of hydrogen-bond acceptors (Lipinski definition) is 5. The van der Waals surface area contributed by atoms with Gasteiger partial charge in [0, 0.05) is 6.08 Å². The van der Waals surface area contributed by atoms with Crippen molar-refractivity contribution in [3.05, 3.63) is 65.7 Å². The molecule has 0 saturated heterocycles. The summed E-state index contributed by atoms with van der Waals surface area (Å²) in [4.78, 5) is 17.5. The van der Waals surface area contributed by atoms with Crippen molar-refractivity contribution in [3.63, 3.8) is 0 Å². The summed E-state index contributed by atoms with van der Waals surface area (Å²) >= 11 is 0. The van der Waals surface area contributed by atoms with Crippen molar-refractivity contribution in [1.29, 1.82) is 0 Å². The molecule has 0 saturated carbocycles. The molecule has 0 aliphatic heterocycles. The molecule has 0 aliphatic rings. The Morgan fingerprint density at radius 1 is 1.20 bits per heavy atom. The number of ether oxygens (including phenoxy) is 1. The van der Waals surface area contributed by atoms with E-state index in [-0.39, 0.29) is 17.3 Å². The Morgan fingerprint density at radius 3 is 2.56 bits per heavy atom. The number of benzene rings is 2. The molecule has 0 bridgehead atoms. The lowest BCUT2D eigenvalue weighted by Gasteiger charge is -2.11. The number of hydrogen-bond donors (Lipinski definition) is 2. The van der Waals surface area contributed by atoms with Crippen LogP contribution in [0.2, 0.25) is 0 Å². The number of carboxylic acids is 1. The first kappa shape index (κ1) is 18.7. The van der Waals surface area contributed by atoms with Gasteiger partial charge in [-0.15, -0.1) is 0 Å². The lowest BCUT2D eigenvalue weighted by Crippen LogP contribution is -2.24. The predicted molar refractivity (Wildman–Crippen MR) is 91.2 cm³/mol. The van der Waals surface area contributed by atoms with E-state index in [1.54, 1.807) is 18.2 Å². The standard InChI is InChI=1S/C17H17NO6S/c1-23-15-9-7-13(8-10-17(19)20)11-16(15)25(21,22)18-24-12-14-5-3-2-4-6-14/h2-11,18H,12H2,1H3,(H,19,20)/b10-8+. The van der Waals surface area contributed by atoms with Gasteiger partial charge in [-0.3, -0.25) is 4.84 Å². The Balaban J connectivity index is 2.18. The molecular formula is C17H17NO6S. The highest BCUT2D eigenvalue weighted by molar-refractivity contribution is 7.89. The van der Waals surface area contributed by atoms with E-state index < -0.39 is 16.0 Å². The minimum Gasteiger partial charge on any atom is -0.495 e. The van der Waals surface area contributed by atoms with Crippen molar-refractivity contribution in [3.8, 4) is 5.75 Å². The minimum atomic E-state index is -4.01. The third-order valence-corrected chi connectivity index (χ3v) is 4.38. The highest BCUT2D eigenvalue weighted by Crippen LogP contribution is 2.25. The van der Waals surface area contributed by atoms with Crippen LogP contribution in [0, 0.1) is 0 Å². The van der Waals surface area contributed by atoms with Gasteiger partial charge in [-0.25, -0.2) is 13.2 Å². The van der Waals surface area contributed by atoms with Crippen molar-refractivity contribution in [2.75, 3.05) is 7.11 Å². The second kappa shape index (κ2) is 8.43. The SMILES string of the molecule is COc1ccc(/C=C/C(=O)O)cc1S(=O)(=O)NOCc1ccccc1. The topological polar surface area (TPSA) is 102 Å². The predicted octanol–water partition coefficient (Wildman–Crippen LogP) is 2.20. The van der Waals surface area contributed by atoms with Crippen LogP contribution in [0.5, 0.6) is 5.75 Å². The van der Waals surface area contributed by atoms with Gasteiger partial charge in [-0.2, -0.15) is 0 Å². The Hall–Kier alpha value is -2.68. The minimum absolute atomic E-state index is 0.0565. The molecular weight excluding hydrogens is 346 g/mol. The molecule has 0 radical (unpaired) electrons. The molecule has 0 atom stereocenters. The van der Waals surface area contributed by atoms with Crippen LogP contribution in [0.25, 0.3) is 6.08 Å². The zero-order chi connectivity index (χ0) is 18.3. The normalized spacial score (nSPS) is 11.6. The van der Waals surface area contributed by atoms with Crippen molar-refractivity contribution in [2.24, 2.45) is 0 Å². The summed E-state index contributed by atoms with van der Waals surface area (Å²) in [5.41, 5.74) is 1.20. The first-order valence-electron chi connectivity index (χ1n) is 7.19. The van der Waals surface area contributed by atoms with E-state index in [4.69, 9.17) is 14.7 Å². The van der Waals surface area contributed by atoms with Crippen molar-refractivity contribution >= 4 is 22.1 Å². The van der Waals surface area contributed by atoms with E-state index in [1.165, 1.54) is 25.3 Å². The summed E-state index contributed by atoms with van der Waals surface area (Å²) < 4.78 is 29.9. The molecule has 0 spiro atoms. The maximum Gasteiger partial charge on any atom is 0.328 e. The highest BCUT2D eigenvalue weighted by Gasteiger charge is 2.20. The molecule has 8 heteroatoms. The van der Waals surface area contributed by atoms with Crippen LogP contribution in [0.4, 0.5) is 0 Å². The monoisotopic (exact) mass is 363 g/mol. The second-order valence-electron chi connectivity index (χ2n) is 4.94. The zero-order valence-electron chi connectivity index (χ0n) is 13.4. The lowest BCUT2D eigenvalue weighted by atomic mass is 10.2. The van der Waals surface area contributed by atoms with Gasteiger partial charge in [0.05, 0.1) is 13.7 Å². The number of nitrogens with one attached hydrogen (secondary N) is 1. The number of sulfonamides is 1. The molecule has 0 amide bonds. The summed E-state index contributed by atoms with van der Waals surface area (Å²) in [5, 5.41) is 8.67. The van der Waals surface area contributed by atoms with Gasteiger partial charge in [-0.1, -0.05) is 41.3 Å². The zero-order valence-corrected chi connectivity index (χ0v) is 14.2. The molecule has 7 nitrogen and oxygen atoms in total. The van der Waals surface area contributed by atoms with E-state index in [2.05, 4.69) is 0 Å². The molecule has 0 fully saturated rings. The number of carboxylic acid groups (broad SMARTS) is 1. The van der Waals surface area contributed by atoms with Crippen LogP contribution in [-0.2, 0) is 26.3 Å². The third-order valence-electron chi connectivity index (χ3n) is 3.15. The van der Waals surface area contributed by atoms with Crippen LogP contribution in [0.3, 0.4) is 0 Å². The van der Waals surface area contributed by atoms with Crippen LogP contribution in [0.1, 0.15) is 11.1 Å². The molecule has 0 aromatic heterocycles. The Kier molecular flexibility index (Phi) is 6.29. The average molecular weight is 363 g/mol. The molecule has 2 rings (SSSR count). The molecule has 2 N–H and O–H groups in total. The van der Waals surface area contributed by atoms with Gasteiger partial charge < -0.3 is 9.84 Å². The number of aliphatic carboxylic acids is 1. The van der Waals surface area contributed by atoms with Gasteiger partial charge in [0.1, 0.15) is 10.6 Å². The van der Waals surface area contributed by atoms with Gasteiger partial charge >= 0.3 is 5.97 Å². The summed E-state index contributed by atoms with van der Waals surface area (Å²) in [5.74, 6) is -1.02. The van der Waals surface area contributed by atoms with Crippen molar-refractivity contribution in [1.82, 2.24) is 4.89 Å². The van der Waals surface area contributed by atoms with Crippen LogP contribution in [-0.4, -0.2) is 26.6 Å². The Labute approximate surface area is 145 Å². The number of carbonyl (C=O) groups is 1. The molecule has 0 heterocycles. The van der Waals surface area contributed by atoms with Gasteiger partial charge in [0.15, 0.2) is 0 Å². The quantitative estimate of drug-likeness (QED) is 0.551. The molecule has 0 aliphatic carbocycles. The maximum atomic E-state index is 12.4. The van der Waals surface area contributed by atoms with Gasteiger partial charge in [-0.05, 0) is 29.3 Å². The molecule has 2 aromatic rings. The fraction of sp³-hybridized carbons (Fsp3) is 0.118. The first-order chi connectivity index (χ1) is 11.9.